The van der Waals surface area contributed by atoms with Crippen molar-refractivity contribution in [2.75, 3.05) is 6.16 Å². The predicted molar refractivity (Wildman–Crippen MR) is 128 cm³/mol. The summed E-state index contributed by atoms with van der Waals surface area (Å²) in [6.07, 6.45) is -7.01. The first-order chi connectivity index (χ1) is 16.6. The number of alkyl halides is 3. The van der Waals surface area contributed by atoms with E-state index in [1.165, 1.54) is 6.92 Å². The summed E-state index contributed by atoms with van der Waals surface area (Å²) < 4.78 is 52.0. The van der Waals surface area contributed by atoms with Gasteiger partial charge in [0.15, 0.2) is 0 Å². The van der Waals surface area contributed by atoms with Gasteiger partial charge in [0, 0.05) is 0 Å². The molecule has 0 aromatic heterocycles. The number of nitrogens with zero attached hydrogens (tertiary/aromatic N) is 1. The molecule has 0 amide bonds. The first-order valence-electron chi connectivity index (χ1n) is 10.7. The molecule has 35 heavy (non-hydrogen) atoms. The summed E-state index contributed by atoms with van der Waals surface area (Å²) in [7, 11) is 0. The van der Waals surface area contributed by atoms with Crippen LogP contribution in [0, 0.1) is 11.3 Å². The number of hydrogen-bond acceptors (Lipinski definition) is 5. The second-order valence-corrected chi connectivity index (χ2v) is 12.4. The molecule has 0 saturated heterocycles. The van der Waals surface area contributed by atoms with Crippen LogP contribution in [0.1, 0.15) is 13.3 Å². The molecular formula is C26H23F3NO4P. The minimum atomic E-state index is -5.28. The zero-order valence-corrected chi connectivity index (χ0v) is 19.7. The van der Waals surface area contributed by atoms with Crippen LogP contribution in [0.25, 0.3) is 0 Å². The van der Waals surface area contributed by atoms with Crippen molar-refractivity contribution in [3.8, 4) is 6.07 Å². The summed E-state index contributed by atoms with van der Waals surface area (Å²) in [6.45, 7) is -3.37. The Kier molecular flexibility index (Phi) is 7.62. The van der Waals surface area contributed by atoms with Crippen LogP contribution >= 0.6 is 6.83 Å². The molecule has 5 nitrogen and oxygen atoms in total. The fourth-order valence-electron chi connectivity index (χ4n) is 4.09. The Morgan fingerprint density at radius 3 is 1.60 bits per heavy atom. The van der Waals surface area contributed by atoms with Crippen molar-refractivity contribution in [2.24, 2.45) is 0 Å². The average Bonchev–Trinajstić information content (AvgIpc) is 2.87. The van der Waals surface area contributed by atoms with E-state index in [9.17, 15) is 22.8 Å². The number of benzene rings is 3. The van der Waals surface area contributed by atoms with Crippen LogP contribution in [0.3, 0.4) is 0 Å². The van der Waals surface area contributed by atoms with Gasteiger partial charge in [-0.1, -0.05) is 0 Å². The van der Waals surface area contributed by atoms with Crippen molar-refractivity contribution in [3.63, 3.8) is 0 Å². The van der Waals surface area contributed by atoms with E-state index in [-0.39, 0.29) is 6.16 Å². The zero-order valence-electron chi connectivity index (χ0n) is 18.8. The Morgan fingerprint density at radius 2 is 1.26 bits per heavy atom. The molecule has 9 heteroatoms. The molecule has 0 aliphatic carbocycles. The summed E-state index contributed by atoms with van der Waals surface area (Å²) >= 11 is 0. The van der Waals surface area contributed by atoms with Crippen LogP contribution < -0.4 is 15.9 Å². The number of halogens is 3. The fraction of sp³-hybridized carbons (Fsp3) is 0.192. The van der Waals surface area contributed by atoms with Crippen LogP contribution in [0.2, 0.25) is 0 Å². The molecule has 0 heterocycles. The van der Waals surface area contributed by atoms with Gasteiger partial charge in [0.25, 0.3) is 0 Å². The normalized spacial score (nSPS) is 13.5. The van der Waals surface area contributed by atoms with Gasteiger partial charge in [-0.2, -0.15) is 0 Å². The Bertz CT molecular complexity index is 1110. The Balaban J connectivity index is 2.39. The Morgan fingerprint density at radius 1 is 0.857 bits per heavy atom. The molecule has 3 rings (SSSR count). The second-order valence-electron chi connectivity index (χ2n) is 7.83. The molecule has 0 aliphatic rings. The van der Waals surface area contributed by atoms with Gasteiger partial charge < -0.3 is 0 Å². The predicted octanol–water partition coefficient (Wildman–Crippen LogP) is 4.38. The number of hydrogen-bond donors (Lipinski definition) is 0. The monoisotopic (exact) mass is 501 g/mol. The summed E-state index contributed by atoms with van der Waals surface area (Å²) in [4.78, 5) is 25.3. The Labute approximate surface area is 201 Å². The van der Waals surface area contributed by atoms with Crippen LogP contribution in [-0.2, 0) is 18.8 Å². The number of carbonyl (C=O) groups excluding carboxylic acids is 2. The van der Waals surface area contributed by atoms with Crippen molar-refractivity contribution in [1.82, 2.24) is 0 Å². The Hall–Kier alpha value is -3.69. The molecule has 3 aromatic carbocycles. The molecule has 0 saturated carbocycles. The third kappa shape index (κ3) is 5.06. The molecule has 0 bridgehead atoms. The average molecular weight is 501 g/mol. The van der Waals surface area contributed by atoms with E-state index in [4.69, 9.17) is 14.5 Å². The first-order valence-corrected chi connectivity index (χ1v) is 13.1. The van der Waals surface area contributed by atoms with Crippen molar-refractivity contribution in [1.29, 1.82) is 5.26 Å². The summed E-state index contributed by atoms with van der Waals surface area (Å²) in [5.74, 6) is -3.15. The third-order valence-corrected chi connectivity index (χ3v) is 11.5. The second kappa shape index (κ2) is 10.3. The van der Waals surface area contributed by atoms with Gasteiger partial charge in [0.05, 0.1) is 0 Å². The van der Waals surface area contributed by atoms with E-state index in [0.717, 1.165) is 0 Å². The third-order valence-electron chi connectivity index (χ3n) is 5.66. The molecule has 0 fully saturated rings. The minimum absolute atomic E-state index is 0.289. The molecule has 0 N–H and O–H groups in total. The summed E-state index contributed by atoms with van der Waals surface area (Å²) in [6, 6.07) is 26.3. The topological polar surface area (TPSA) is 76.4 Å². The van der Waals surface area contributed by atoms with Crippen LogP contribution in [-0.4, -0.2) is 30.4 Å². The van der Waals surface area contributed by atoms with E-state index in [0.29, 0.717) is 15.9 Å². The van der Waals surface area contributed by atoms with Crippen LogP contribution in [0.15, 0.2) is 91.0 Å². The van der Waals surface area contributed by atoms with Crippen LogP contribution in [0.4, 0.5) is 13.2 Å². The maximum absolute atomic E-state index is 13.7. The van der Waals surface area contributed by atoms with E-state index in [1.54, 1.807) is 97.1 Å². The summed E-state index contributed by atoms with van der Waals surface area (Å²) in [5, 5.41) is 10.0. The van der Waals surface area contributed by atoms with Crippen molar-refractivity contribution in [3.05, 3.63) is 91.0 Å². The molecule has 0 radical (unpaired) electrons. The van der Waals surface area contributed by atoms with Crippen molar-refractivity contribution < 1.29 is 32.0 Å². The van der Waals surface area contributed by atoms with Crippen molar-refractivity contribution in [2.45, 2.75) is 25.6 Å². The van der Waals surface area contributed by atoms with Gasteiger partial charge in [-0.25, -0.2) is 0 Å². The molecule has 182 valence electrons. The van der Waals surface area contributed by atoms with Gasteiger partial charge in [-0.3, -0.25) is 0 Å². The zero-order chi connectivity index (χ0) is 25.6. The van der Waals surface area contributed by atoms with E-state index >= 15 is 0 Å². The SMILES string of the molecule is CC(C#N)OC(=O)CCP(OC(=O)C(F)(F)F)(c1ccccc1)(c1ccccc1)c1ccccc1. The molecule has 1 unspecified atom stereocenters. The molecule has 1 atom stereocenters. The van der Waals surface area contributed by atoms with E-state index in [1.807, 2.05) is 0 Å². The van der Waals surface area contributed by atoms with Gasteiger partial charge in [-0.15, -0.1) is 0 Å². The van der Waals surface area contributed by atoms with Crippen LogP contribution in [0.5, 0.6) is 0 Å². The summed E-state index contributed by atoms with van der Waals surface area (Å²) in [5.41, 5.74) is 0. The molecule has 0 spiro atoms. The van der Waals surface area contributed by atoms with Gasteiger partial charge >= 0.3 is 201 Å². The number of nitriles is 1. The number of rotatable bonds is 8. The maximum atomic E-state index is 13.7. The van der Waals surface area contributed by atoms with Crippen molar-refractivity contribution >= 4 is 34.7 Å². The van der Waals surface area contributed by atoms with Gasteiger partial charge in [-0.05, 0) is 0 Å². The van der Waals surface area contributed by atoms with E-state index < -0.39 is 37.5 Å². The standard InChI is InChI=1S/C26H23F3NO4P/c1-20(19-30)33-24(31)17-18-35(21-11-5-2-6-12-21,22-13-7-3-8-14-22,23-15-9-4-10-16-23)34-25(32)26(27,28)29/h2-16,20H,17-18H2,1H3. The van der Waals surface area contributed by atoms with Gasteiger partial charge in [0.1, 0.15) is 0 Å². The van der Waals surface area contributed by atoms with Gasteiger partial charge in [0.2, 0.25) is 0 Å². The van der Waals surface area contributed by atoms with E-state index in [2.05, 4.69) is 0 Å². The number of esters is 1. The quantitative estimate of drug-likeness (QED) is 0.338. The molecule has 3 aromatic rings. The number of ether oxygens (including phenoxy) is 1. The fourth-order valence-corrected chi connectivity index (χ4v) is 9.65. The molecule has 0 aliphatic heterocycles. The number of carbonyl (C=O) groups is 2. The first kappa shape index (κ1) is 25.9. The molecular weight excluding hydrogens is 478 g/mol.